The molecule has 0 bridgehead atoms. The Morgan fingerprint density at radius 2 is 2.15 bits per heavy atom. The number of carboxylic acids is 1. The Balaban J connectivity index is 1.92. The Morgan fingerprint density at radius 3 is 2.67 bits per heavy atom. The first kappa shape index (κ1) is 21.6. The van der Waals surface area contributed by atoms with Crippen molar-refractivity contribution in [2.45, 2.75) is 45.3 Å². The Hall–Kier alpha value is -1.70. The van der Waals surface area contributed by atoms with E-state index in [0.29, 0.717) is 13.1 Å². The molecule has 0 aromatic carbocycles. The van der Waals surface area contributed by atoms with Crippen molar-refractivity contribution in [3.63, 3.8) is 0 Å². The molecule has 0 aliphatic carbocycles. The van der Waals surface area contributed by atoms with Gasteiger partial charge in [-0.25, -0.2) is 0 Å². The summed E-state index contributed by atoms with van der Waals surface area (Å²) in [5.41, 5.74) is 0. The highest BCUT2D eigenvalue weighted by atomic mass is 32.1. The quantitative estimate of drug-likeness (QED) is 0.619. The molecule has 1 aliphatic rings. The van der Waals surface area contributed by atoms with Crippen LogP contribution in [-0.2, 0) is 16.1 Å². The van der Waals surface area contributed by atoms with E-state index < -0.39 is 5.97 Å². The number of hydrogen-bond donors (Lipinski definition) is 1. The third-order valence-corrected chi connectivity index (χ3v) is 6.11. The van der Waals surface area contributed by atoms with Gasteiger partial charge in [-0.1, -0.05) is 19.1 Å². The molecule has 150 valence electrons. The number of carbonyl (C=O) groups is 2. The van der Waals surface area contributed by atoms with Gasteiger partial charge in [-0.2, -0.15) is 0 Å². The van der Waals surface area contributed by atoms with E-state index in [2.05, 4.69) is 11.5 Å². The van der Waals surface area contributed by atoms with Crippen LogP contribution in [0.3, 0.4) is 0 Å². The minimum Gasteiger partial charge on any atom is -0.480 e. The largest absolute Gasteiger partial charge is 0.480 e. The minimum atomic E-state index is -0.781. The molecule has 1 atom stereocenters. The van der Waals surface area contributed by atoms with Crippen LogP contribution in [0.15, 0.2) is 30.2 Å². The van der Waals surface area contributed by atoms with Crippen molar-refractivity contribution >= 4 is 23.2 Å². The van der Waals surface area contributed by atoms with Crippen molar-refractivity contribution < 1.29 is 14.7 Å². The monoisotopic (exact) mass is 393 g/mol. The van der Waals surface area contributed by atoms with Gasteiger partial charge in [0.1, 0.15) is 0 Å². The molecule has 2 heterocycles. The molecule has 1 aliphatic heterocycles. The number of likely N-dealkylation sites (N-methyl/N-ethyl adjacent to an activating group) is 1. The molecule has 1 amide bonds. The number of aliphatic carboxylic acids is 1. The molecule has 1 N–H and O–H groups in total. The third kappa shape index (κ3) is 6.16. The molecule has 0 saturated carbocycles. The van der Waals surface area contributed by atoms with Gasteiger partial charge in [0.2, 0.25) is 5.91 Å². The minimum absolute atomic E-state index is 0.0869. The van der Waals surface area contributed by atoms with Gasteiger partial charge < -0.3 is 10.0 Å². The van der Waals surface area contributed by atoms with E-state index in [1.807, 2.05) is 41.2 Å². The van der Waals surface area contributed by atoms with Crippen molar-refractivity contribution in [1.82, 2.24) is 14.7 Å². The number of nitrogens with zero attached hydrogens (tertiary/aromatic N) is 3. The maximum atomic E-state index is 13.0. The Kier molecular flexibility index (Phi) is 8.47. The van der Waals surface area contributed by atoms with Crippen LogP contribution in [0.2, 0.25) is 0 Å². The van der Waals surface area contributed by atoms with E-state index in [9.17, 15) is 9.59 Å². The fraction of sp³-hybridized carbons (Fsp3) is 0.600. The second kappa shape index (κ2) is 10.6. The molecule has 1 unspecified atom stereocenters. The van der Waals surface area contributed by atoms with E-state index in [1.54, 1.807) is 17.4 Å². The fourth-order valence-electron chi connectivity index (χ4n) is 3.71. The molecule has 7 heteroatoms. The van der Waals surface area contributed by atoms with Crippen molar-refractivity contribution in [2.24, 2.45) is 0 Å². The summed E-state index contributed by atoms with van der Waals surface area (Å²) < 4.78 is 0. The molecular weight excluding hydrogens is 362 g/mol. The number of rotatable bonds is 10. The summed E-state index contributed by atoms with van der Waals surface area (Å²) in [4.78, 5) is 31.3. The number of piperidine rings is 1. The van der Waals surface area contributed by atoms with E-state index >= 15 is 0 Å². The van der Waals surface area contributed by atoms with Gasteiger partial charge in [0, 0.05) is 30.6 Å². The van der Waals surface area contributed by atoms with Gasteiger partial charge >= 0.3 is 5.97 Å². The summed E-state index contributed by atoms with van der Waals surface area (Å²) in [7, 11) is 0. The molecule has 6 nitrogen and oxygen atoms in total. The number of carboxylic acid groups (broad SMARTS) is 1. The third-order valence-electron chi connectivity index (χ3n) is 5.25. The van der Waals surface area contributed by atoms with Crippen molar-refractivity contribution in [3.8, 4) is 0 Å². The zero-order chi connectivity index (χ0) is 19.8. The summed E-state index contributed by atoms with van der Waals surface area (Å²) in [6.07, 6.45) is 3.56. The van der Waals surface area contributed by atoms with E-state index in [1.165, 1.54) is 4.88 Å². The topological polar surface area (TPSA) is 64.1 Å². The Morgan fingerprint density at radius 1 is 1.44 bits per heavy atom. The zero-order valence-electron chi connectivity index (χ0n) is 16.3. The van der Waals surface area contributed by atoms with Crippen LogP contribution >= 0.6 is 11.3 Å². The predicted octanol–water partition coefficient (Wildman–Crippen LogP) is 2.52. The molecule has 1 fully saturated rings. The normalized spacial score (nSPS) is 17.0. The van der Waals surface area contributed by atoms with Gasteiger partial charge in [-0.05, 0) is 37.8 Å². The maximum absolute atomic E-state index is 13.0. The Labute approximate surface area is 166 Å². The van der Waals surface area contributed by atoms with E-state index in [4.69, 9.17) is 5.11 Å². The van der Waals surface area contributed by atoms with E-state index in [0.717, 1.165) is 32.5 Å². The zero-order valence-corrected chi connectivity index (χ0v) is 17.2. The van der Waals surface area contributed by atoms with Gasteiger partial charge in [0.05, 0.1) is 19.1 Å². The van der Waals surface area contributed by atoms with Crippen LogP contribution in [0.1, 0.15) is 31.6 Å². The van der Waals surface area contributed by atoms with Crippen LogP contribution in [0.25, 0.3) is 0 Å². The van der Waals surface area contributed by atoms with Gasteiger partial charge in [0.25, 0.3) is 0 Å². The second-order valence-electron chi connectivity index (χ2n) is 6.99. The SMILES string of the molecule is C=CCN(Cc1cccs1)C(=O)C(C)N1CCC(N(CC)CC(=O)O)CC1. The molecule has 0 radical (unpaired) electrons. The number of thiophene rings is 1. The predicted molar refractivity (Wildman–Crippen MR) is 109 cm³/mol. The van der Waals surface area contributed by atoms with Crippen molar-refractivity contribution in [1.29, 1.82) is 0 Å². The van der Waals surface area contributed by atoms with E-state index in [-0.39, 0.29) is 24.5 Å². The smallest absolute Gasteiger partial charge is 0.317 e. The molecular formula is C20H31N3O3S. The van der Waals surface area contributed by atoms with Crippen LogP contribution in [0.5, 0.6) is 0 Å². The average molecular weight is 394 g/mol. The molecule has 1 aromatic heterocycles. The first-order chi connectivity index (χ1) is 13.0. The number of likely N-dealkylation sites (tertiary alicyclic amines) is 1. The fourth-order valence-corrected chi connectivity index (χ4v) is 4.43. The summed E-state index contributed by atoms with van der Waals surface area (Å²) in [5.74, 6) is -0.656. The molecule has 0 spiro atoms. The van der Waals surface area contributed by atoms with Crippen LogP contribution < -0.4 is 0 Å². The van der Waals surface area contributed by atoms with Crippen molar-refractivity contribution in [3.05, 3.63) is 35.0 Å². The summed E-state index contributed by atoms with van der Waals surface area (Å²) in [5, 5.41) is 11.1. The lowest BCUT2D eigenvalue weighted by atomic mass is 10.0. The lowest BCUT2D eigenvalue weighted by Gasteiger charge is -2.40. The summed E-state index contributed by atoms with van der Waals surface area (Å²) in [6, 6.07) is 4.15. The van der Waals surface area contributed by atoms with Crippen molar-refractivity contribution in [2.75, 3.05) is 32.7 Å². The van der Waals surface area contributed by atoms with Gasteiger partial charge in [0.15, 0.2) is 0 Å². The summed E-state index contributed by atoms with van der Waals surface area (Å²) in [6.45, 7) is 11.4. The lowest BCUT2D eigenvalue weighted by molar-refractivity contribution is -0.139. The highest BCUT2D eigenvalue weighted by Gasteiger charge is 2.31. The molecule has 27 heavy (non-hydrogen) atoms. The molecule has 2 rings (SSSR count). The highest BCUT2D eigenvalue weighted by Crippen LogP contribution is 2.20. The van der Waals surface area contributed by atoms with Crippen LogP contribution in [0, 0.1) is 0 Å². The second-order valence-corrected chi connectivity index (χ2v) is 8.02. The van der Waals surface area contributed by atoms with Gasteiger partial charge in [-0.15, -0.1) is 17.9 Å². The first-order valence-corrected chi connectivity index (χ1v) is 10.5. The first-order valence-electron chi connectivity index (χ1n) is 9.58. The number of hydrogen-bond acceptors (Lipinski definition) is 5. The molecule has 1 aromatic rings. The van der Waals surface area contributed by atoms with Crippen LogP contribution in [-0.4, -0.2) is 76.5 Å². The Bertz CT molecular complexity index is 612. The number of amides is 1. The average Bonchev–Trinajstić information content (AvgIpc) is 3.18. The van der Waals surface area contributed by atoms with Gasteiger partial charge in [-0.3, -0.25) is 19.4 Å². The highest BCUT2D eigenvalue weighted by molar-refractivity contribution is 7.09. The number of carbonyl (C=O) groups excluding carboxylic acids is 1. The lowest BCUT2D eigenvalue weighted by Crippen LogP contribution is -2.53. The molecule has 1 saturated heterocycles. The standard InChI is InChI=1S/C20H31N3O3S/c1-4-10-23(14-18-7-6-13-27-18)20(26)16(3)22-11-8-17(9-12-22)21(5-2)15-19(24)25/h4,6-7,13,16-17H,1,5,8-12,14-15H2,2-3H3,(H,24,25). The summed E-state index contributed by atoms with van der Waals surface area (Å²) >= 11 is 1.66. The maximum Gasteiger partial charge on any atom is 0.317 e. The van der Waals surface area contributed by atoms with Crippen LogP contribution in [0.4, 0.5) is 0 Å².